The zero-order valence-corrected chi connectivity index (χ0v) is 16.7. The highest BCUT2D eigenvalue weighted by molar-refractivity contribution is 5.80. The first-order valence-corrected chi connectivity index (χ1v) is 9.70. The number of methoxy groups -OCH3 is 1. The molecule has 0 aliphatic carbocycles. The summed E-state index contributed by atoms with van der Waals surface area (Å²) in [5, 5.41) is 14.9. The van der Waals surface area contributed by atoms with Crippen LogP contribution in [0.1, 0.15) is 5.56 Å². The molecule has 2 aromatic heterocycles. The minimum absolute atomic E-state index is 0.131. The van der Waals surface area contributed by atoms with Crippen molar-refractivity contribution in [2.24, 2.45) is 0 Å². The van der Waals surface area contributed by atoms with E-state index in [0.717, 1.165) is 22.3 Å². The fourth-order valence-electron chi connectivity index (χ4n) is 3.62. The molecule has 0 fully saturated rings. The second-order valence-electron chi connectivity index (χ2n) is 6.98. The van der Waals surface area contributed by atoms with Crippen LogP contribution in [0.3, 0.4) is 0 Å². The van der Waals surface area contributed by atoms with Gasteiger partial charge in [0.25, 0.3) is 11.6 Å². The molecule has 152 valence electrons. The highest BCUT2D eigenvalue weighted by Gasteiger charge is 2.13. The molecule has 0 amide bonds. The van der Waals surface area contributed by atoms with Crippen LogP contribution >= 0.6 is 0 Å². The molecule has 2 heterocycles. The Labute approximate surface area is 177 Å². The molecule has 8 nitrogen and oxygen atoms in total. The lowest BCUT2D eigenvalue weighted by atomic mass is 9.98. The number of hydrogen-bond donors (Lipinski definition) is 1. The predicted molar refractivity (Wildman–Crippen MR) is 117 cm³/mol. The molecule has 0 radical (unpaired) electrons. The van der Waals surface area contributed by atoms with Gasteiger partial charge in [0.2, 0.25) is 5.82 Å². The third-order valence-electron chi connectivity index (χ3n) is 5.13. The molecule has 0 aliphatic rings. The number of para-hydroxylation sites is 1. The summed E-state index contributed by atoms with van der Waals surface area (Å²) in [7, 11) is 1.52. The van der Waals surface area contributed by atoms with Crippen molar-refractivity contribution in [2.45, 2.75) is 6.54 Å². The number of H-pyrrole nitrogens is 1. The van der Waals surface area contributed by atoms with Gasteiger partial charge < -0.3 is 4.74 Å². The maximum Gasteiger partial charge on any atom is 0.299 e. The summed E-state index contributed by atoms with van der Waals surface area (Å²) in [5.41, 5.74) is 4.35. The van der Waals surface area contributed by atoms with Gasteiger partial charge in [-0.1, -0.05) is 60.7 Å². The zero-order valence-electron chi connectivity index (χ0n) is 16.7. The molecule has 1 N–H and O–H groups in total. The number of ether oxygens (including phenoxy) is 1. The van der Waals surface area contributed by atoms with Crippen molar-refractivity contribution < 1.29 is 4.74 Å². The van der Waals surface area contributed by atoms with Crippen LogP contribution in [0, 0.1) is 0 Å². The van der Waals surface area contributed by atoms with E-state index < -0.39 is 0 Å². The number of rotatable bonds is 5. The first kappa shape index (κ1) is 18.7. The zero-order chi connectivity index (χ0) is 21.2. The fourth-order valence-corrected chi connectivity index (χ4v) is 3.62. The molecule has 0 bridgehead atoms. The van der Waals surface area contributed by atoms with Crippen molar-refractivity contribution in [2.75, 3.05) is 7.11 Å². The van der Waals surface area contributed by atoms with E-state index in [-0.39, 0.29) is 11.6 Å². The van der Waals surface area contributed by atoms with E-state index in [1.54, 1.807) is 16.7 Å². The van der Waals surface area contributed by atoms with Crippen molar-refractivity contribution in [3.8, 4) is 28.5 Å². The molecular formula is C23H18N6O2. The van der Waals surface area contributed by atoms with Crippen molar-refractivity contribution in [1.29, 1.82) is 0 Å². The third kappa shape index (κ3) is 3.44. The number of aromatic amines is 1. The Balaban J connectivity index is 1.50. The number of nitrogens with zero attached hydrogens (tertiary/aromatic N) is 5. The Morgan fingerprint density at radius 2 is 1.68 bits per heavy atom. The normalized spacial score (nSPS) is 11.0. The van der Waals surface area contributed by atoms with Crippen LogP contribution in [0.25, 0.3) is 33.4 Å². The minimum atomic E-state index is -0.131. The monoisotopic (exact) mass is 410 g/mol. The Morgan fingerprint density at radius 3 is 2.42 bits per heavy atom. The van der Waals surface area contributed by atoms with Crippen LogP contribution in [0.2, 0.25) is 0 Å². The molecular weight excluding hydrogens is 392 g/mol. The van der Waals surface area contributed by atoms with Crippen molar-refractivity contribution in [3.05, 3.63) is 88.7 Å². The Kier molecular flexibility index (Phi) is 4.72. The van der Waals surface area contributed by atoms with Gasteiger partial charge in [-0.3, -0.25) is 9.36 Å². The molecule has 0 saturated carbocycles. The van der Waals surface area contributed by atoms with Crippen molar-refractivity contribution in [1.82, 2.24) is 30.2 Å². The maximum atomic E-state index is 13.0. The van der Waals surface area contributed by atoms with E-state index in [0.29, 0.717) is 23.3 Å². The van der Waals surface area contributed by atoms with Crippen LogP contribution in [-0.4, -0.2) is 37.3 Å². The van der Waals surface area contributed by atoms with Gasteiger partial charge in [0.15, 0.2) is 0 Å². The van der Waals surface area contributed by atoms with Gasteiger partial charge in [0.05, 0.1) is 24.6 Å². The lowest BCUT2D eigenvalue weighted by molar-refractivity contribution is 0.354. The summed E-state index contributed by atoms with van der Waals surface area (Å²) in [6.07, 6.45) is 0. The molecule has 0 aliphatic heterocycles. The minimum Gasteiger partial charge on any atom is -0.468 e. The second-order valence-corrected chi connectivity index (χ2v) is 6.98. The van der Waals surface area contributed by atoms with Gasteiger partial charge in [0.1, 0.15) is 0 Å². The highest BCUT2D eigenvalue weighted by Crippen LogP contribution is 2.29. The van der Waals surface area contributed by atoms with E-state index in [2.05, 4.69) is 25.6 Å². The molecule has 8 heteroatoms. The molecule has 0 saturated heterocycles. The van der Waals surface area contributed by atoms with Crippen LogP contribution in [0.15, 0.2) is 77.6 Å². The SMILES string of the molecule is COc1nc2ccccc2c(=O)n1Cc1ccc(-c2ccccc2-c2nn[nH]n2)cc1. The molecule has 3 aromatic carbocycles. The number of tetrazole rings is 1. The molecule has 0 unspecified atom stereocenters. The van der Waals surface area contributed by atoms with Crippen LogP contribution in [0.5, 0.6) is 6.01 Å². The van der Waals surface area contributed by atoms with Crippen molar-refractivity contribution in [3.63, 3.8) is 0 Å². The Bertz CT molecular complexity index is 1410. The first-order chi connectivity index (χ1) is 15.2. The van der Waals surface area contributed by atoms with E-state index in [9.17, 15) is 4.79 Å². The van der Waals surface area contributed by atoms with E-state index in [4.69, 9.17) is 4.74 Å². The quantitative estimate of drug-likeness (QED) is 0.477. The smallest absolute Gasteiger partial charge is 0.299 e. The van der Waals surface area contributed by atoms with Crippen LogP contribution < -0.4 is 10.3 Å². The molecule has 5 rings (SSSR count). The number of hydrogen-bond acceptors (Lipinski definition) is 6. The summed E-state index contributed by atoms with van der Waals surface area (Å²) >= 11 is 0. The van der Waals surface area contributed by atoms with Gasteiger partial charge in [-0.25, -0.2) is 0 Å². The summed E-state index contributed by atoms with van der Waals surface area (Å²) in [6.45, 7) is 0.354. The van der Waals surface area contributed by atoms with Crippen LogP contribution in [-0.2, 0) is 6.54 Å². The Hall–Kier alpha value is -4.33. The molecule has 0 atom stereocenters. The second kappa shape index (κ2) is 7.83. The van der Waals surface area contributed by atoms with Crippen molar-refractivity contribution >= 4 is 10.9 Å². The highest BCUT2D eigenvalue weighted by atomic mass is 16.5. The van der Waals surface area contributed by atoms with E-state index in [1.165, 1.54) is 7.11 Å². The number of benzene rings is 3. The summed E-state index contributed by atoms with van der Waals surface area (Å²) in [6, 6.07) is 23.4. The largest absolute Gasteiger partial charge is 0.468 e. The van der Waals surface area contributed by atoms with E-state index >= 15 is 0 Å². The summed E-state index contributed by atoms with van der Waals surface area (Å²) in [5.74, 6) is 0.540. The summed E-state index contributed by atoms with van der Waals surface area (Å²) in [4.78, 5) is 17.5. The Morgan fingerprint density at radius 1 is 0.935 bits per heavy atom. The number of aromatic nitrogens is 6. The van der Waals surface area contributed by atoms with Crippen LogP contribution in [0.4, 0.5) is 0 Å². The molecule has 31 heavy (non-hydrogen) atoms. The average Bonchev–Trinajstić information content (AvgIpc) is 3.36. The lowest BCUT2D eigenvalue weighted by Crippen LogP contribution is -2.23. The fraction of sp³-hybridized carbons (Fsp3) is 0.0870. The van der Waals surface area contributed by atoms with Gasteiger partial charge in [-0.15, -0.1) is 10.2 Å². The average molecular weight is 410 g/mol. The first-order valence-electron chi connectivity index (χ1n) is 9.70. The van der Waals surface area contributed by atoms with Gasteiger partial charge in [-0.2, -0.15) is 10.2 Å². The van der Waals surface area contributed by atoms with Gasteiger partial charge in [-0.05, 0) is 34.0 Å². The number of fused-ring (bicyclic) bond motifs is 1. The number of nitrogens with one attached hydrogen (secondary N) is 1. The molecule has 0 spiro atoms. The predicted octanol–water partition coefficient (Wildman–Crippen LogP) is 3.30. The van der Waals surface area contributed by atoms with Gasteiger partial charge >= 0.3 is 0 Å². The standard InChI is InChI=1S/C23H18N6O2/c1-31-23-24-20-9-5-4-8-19(20)22(30)29(23)14-15-10-12-16(13-11-15)17-6-2-3-7-18(17)21-25-27-28-26-21/h2-13H,14H2,1H3,(H,25,26,27,28). The maximum absolute atomic E-state index is 13.0. The molecule has 5 aromatic rings. The summed E-state index contributed by atoms with van der Waals surface area (Å²) < 4.78 is 6.93. The van der Waals surface area contributed by atoms with E-state index in [1.807, 2.05) is 60.7 Å². The topological polar surface area (TPSA) is 98.6 Å². The lowest BCUT2D eigenvalue weighted by Gasteiger charge is -2.13. The van der Waals surface area contributed by atoms with Gasteiger partial charge in [0, 0.05) is 5.56 Å². The third-order valence-corrected chi connectivity index (χ3v) is 5.13.